The standard InChI is InChI=1S/C10H15.C9H7.2BrH.Hf/c1-7-6-10(4,5)9(3)8(7)2;1-2-5-9-7-3-6-8(9)4-1;;;/h1-5H3;1-7H;2*1H;/q;;;;+2/p-2. The van der Waals surface area contributed by atoms with Gasteiger partial charge >= 0.3 is 134 Å². The molecule has 0 bridgehead atoms. The van der Waals surface area contributed by atoms with Crippen molar-refractivity contribution in [3.8, 4) is 0 Å². The zero-order chi connectivity index (χ0) is 14.5. The SMILES string of the molecule is CC1=C(C)C(C)(C)[C]([Hf+2][CH]2C=Cc3ccccc32)=C1C.[Br-].[Br-]. The fraction of sp³-hybridized carbons (Fsp3) is 0.368. The molecule has 0 heterocycles. The number of benzene rings is 1. The molecule has 1 unspecified atom stereocenters. The van der Waals surface area contributed by atoms with E-state index in [-0.39, 0.29) is 34.0 Å². The normalized spacial score (nSPS) is 21.2. The van der Waals surface area contributed by atoms with Crippen molar-refractivity contribution >= 4 is 6.08 Å². The van der Waals surface area contributed by atoms with E-state index < -0.39 is 22.9 Å². The Hall–Kier alpha value is 0.270. The van der Waals surface area contributed by atoms with Gasteiger partial charge in [0.25, 0.3) is 0 Å². The van der Waals surface area contributed by atoms with Crippen LogP contribution in [0.5, 0.6) is 0 Å². The third-order valence-corrected chi connectivity index (χ3v) is 12.7. The average molecular weight is 589 g/mol. The van der Waals surface area contributed by atoms with Crippen LogP contribution in [0, 0.1) is 5.41 Å². The van der Waals surface area contributed by atoms with Gasteiger partial charge in [-0.2, -0.15) is 0 Å². The van der Waals surface area contributed by atoms with Crippen LogP contribution in [0.4, 0.5) is 0 Å². The van der Waals surface area contributed by atoms with Crippen molar-refractivity contribution in [3.63, 3.8) is 0 Å². The Labute approximate surface area is 167 Å². The minimum absolute atomic E-state index is 0. The molecule has 3 rings (SSSR count). The maximum Gasteiger partial charge on any atom is -1.00 e. The number of hydrogen-bond donors (Lipinski definition) is 0. The van der Waals surface area contributed by atoms with Crippen molar-refractivity contribution in [2.45, 2.75) is 38.3 Å². The third-order valence-electron chi connectivity index (χ3n) is 5.16. The van der Waals surface area contributed by atoms with Crippen molar-refractivity contribution in [1.29, 1.82) is 0 Å². The summed E-state index contributed by atoms with van der Waals surface area (Å²) >= 11 is -0.893. The molecule has 3 heteroatoms. The van der Waals surface area contributed by atoms with E-state index in [1.54, 1.807) is 22.3 Å². The van der Waals surface area contributed by atoms with Crippen molar-refractivity contribution in [2.24, 2.45) is 5.41 Å². The van der Waals surface area contributed by atoms with Gasteiger partial charge in [0.2, 0.25) is 0 Å². The molecule has 0 saturated carbocycles. The van der Waals surface area contributed by atoms with Crippen LogP contribution in [0.25, 0.3) is 6.08 Å². The maximum atomic E-state index is 2.47. The number of fused-ring (bicyclic) bond motifs is 1. The Morgan fingerprint density at radius 2 is 1.59 bits per heavy atom. The van der Waals surface area contributed by atoms with Crippen LogP contribution in [0.15, 0.2) is 50.4 Å². The molecule has 0 nitrogen and oxygen atoms in total. The summed E-state index contributed by atoms with van der Waals surface area (Å²) in [7, 11) is 0. The monoisotopic (exact) mass is 588 g/mol. The number of halogens is 2. The van der Waals surface area contributed by atoms with E-state index >= 15 is 0 Å². The summed E-state index contributed by atoms with van der Waals surface area (Å²) in [6, 6.07) is 8.93. The molecule has 2 aliphatic carbocycles. The summed E-state index contributed by atoms with van der Waals surface area (Å²) < 4.78 is 2.56. The average Bonchev–Trinajstić information content (AvgIpc) is 2.90. The Morgan fingerprint density at radius 1 is 0.955 bits per heavy atom. The molecule has 0 N–H and O–H groups in total. The minimum atomic E-state index is -0.893. The molecular formula is C19H22Br2Hf. The summed E-state index contributed by atoms with van der Waals surface area (Å²) in [6.07, 6.45) is 4.80. The van der Waals surface area contributed by atoms with Crippen molar-refractivity contribution < 1.29 is 56.9 Å². The molecule has 0 saturated heterocycles. The Morgan fingerprint density at radius 3 is 2.18 bits per heavy atom. The number of rotatable bonds is 2. The van der Waals surface area contributed by atoms with E-state index in [2.05, 4.69) is 71.0 Å². The zero-order valence-electron chi connectivity index (χ0n) is 13.8. The first-order chi connectivity index (χ1) is 9.43. The molecule has 0 fully saturated rings. The second kappa shape index (κ2) is 7.44. The first-order valence-electron chi connectivity index (χ1n) is 7.36. The van der Waals surface area contributed by atoms with Crippen molar-refractivity contribution in [3.05, 3.63) is 61.5 Å². The summed E-state index contributed by atoms with van der Waals surface area (Å²) in [5.41, 5.74) is 8.08. The van der Waals surface area contributed by atoms with E-state index in [0.717, 1.165) is 3.67 Å². The van der Waals surface area contributed by atoms with Gasteiger partial charge in [0.1, 0.15) is 0 Å². The largest absolute Gasteiger partial charge is 1.00 e. The Bertz CT molecular complexity index is 666. The van der Waals surface area contributed by atoms with Gasteiger partial charge in [-0.1, -0.05) is 0 Å². The van der Waals surface area contributed by atoms with Crippen LogP contribution in [0.1, 0.15) is 49.4 Å². The van der Waals surface area contributed by atoms with Gasteiger partial charge < -0.3 is 34.0 Å². The molecule has 22 heavy (non-hydrogen) atoms. The summed E-state index contributed by atoms with van der Waals surface area (Å²) in [4.78, 5) is 0. The molecule has 116 valence electrons. The van der Waals surface area contributed by atoms with Gasteiger partial charge in [0, 0.05) is 0 Å². The molecule has 1 aromatic carbocycles. The summed E-state index contributed by atoms with van der Waals surface area (Å²) in [5.74, 6) is 0. The van der Waals surface area contributed by atoms with E-state index in [0.29, 0.717) is 5.41 Å². The third kappa shape index (κ3) is 3.23. The first kappa shape index (κ1) is 20.3. The minimum Gasteiger partial charge on any atom is -1.00 e. The summed E-state index contributed by atoms with van der Waals surface area (Å²) in [5, 5.41) is 0. The van der Waals surface area contributed by atoms with Crippen LogP contribution in [-0.4, -0.2) is 0 Å². The molecule has 1 aromatic rings. The molecule has 0 radical (unpaired) electrons. The Kier molecular flexibility index (Phi) is 6.87. The predicted molar refractivity (Wildman–Crippen MR) is 83.1 cm³/mol. The van der Waals surface area contributed by atoms with Crippen LogP contribution < -0.4 is 34.0 Å². The molecular weight excluding hydrogens is 567 g/mol. The molecule has 0 aliphatic heterocycles. The second-order valence-corrected chi connectivity index (χ2v) is 11.6. The Balaban J connectivity index is 0.00000121. The fourth-order valence-electron chi connectivity index (χ4n) is 3.41. The maximum absolute atomic E-state index is 2.47. The number of allylic oxidation sites excluding steroid dienone is 5. The first-order valence-corrected chi connectivity index (χ1v) is 11.2. The predicted octanol–water partition coefficient (Wildman–Crippen LogP) is -0.505. The van der Waals surface area contributed by atoms with Gasteiger partial charge in [-0.3, -0.25) is 0 Å². The molecule has 0 spiro atoms. The van der Waals surface area contributed by atoms with E-state index in [4.69, 9.17) is 0 Å². The topological polar surface area (TPSA) is 0 Å². The van der Waals surface area contributed by atoms with E-state index in [9.17, 15) is 0 Å². The zero-order valence-corrected chi connectivity index (χ0v) is 20.6. The van der Waals surface area contributed by atoms with Gasteiger partial charge in [-0.15, -0.1) is 0 Å². The number of hydrogen-bond acceptors (Lipinski definition) is 0. The second-order valence-electron chi connectivity index (χ2n) is 6.49. The van der Waals surface area contributed by atoms with Gasteiger partial charge in [0.05, 0.1) is 0 Å². The quantitative estimate of drug-likeness (QED) is 0.409. The van der Waals surface area contributed by atoms with Crippen LogP contribution in [0.2, 0.25) is 0 Å². The smallest absolute Gasteiger partial charge is 1.00 e. The van der Waals surface area contributed by atoms with Crippen LogP contribution in [0.3, 0.4) is 0 Å². The van der Waals surface area contributed by atoms with Gasteiger partial charge in [0.15, 0.2) is 0 Å². The molecule has 2 aliphatic rings. The molecule has 0 amide bonds. The molecule has 0 aromatic heterocycles. The van der Waals surface area contributed by atoms with Crippen LogP contribution in [-0.2, 0) is 22.9 Å². The molecule has 1 atom stereocenters. The summed E-state index contributed by atoms with van der Waals surface area (Å²) in [6.45, 7) is 11.8. The van der Waals surface area contributed by atoms with Gasteiger partial charge in [-0.05, 0) is 0 Å². The van der Waals surface area contributed by atoms with Crippen molar-refractivity contribution in [1.82, 2.24) is 0 Å². The fourth-order valence-corrected chi connectivity index (χ4v) is 10.1. The van der Waals surface area contributed by atoms with Crippen molar-refractivity contribution in [2.75, 3.05) is 0 Å². The van der Waals surface area contributed by atoms with Gasteiger partial charge in [-0.25, -0.2) is 0 Å². The van der Waals surface area contributed by atoms with Crippen LogP contribution >= 0.6 is 0 Å². The van der Waals surface area contributed by atoms with E-state index in [1.807, 2.05) is 3.33 Å². The van der Waals surface area contributed by atoms with E-state index in [1.165, 1.54) is 5.56 Å².